The van der Waals surface area contributed by atoms with Gasteiger partial charge in [-0.2, -0.15) is 0 Å². The Bertz CT molecular complexity index is 649. The number of hydrogen-bond acceptors (Lipinski definition) is 6. The molecule has 3 rings (SSSR count). The van der Waals surface area contributed by atoms with Crippen molar-refractivity contribution in [2.24, 2.45) is 5.16 Å². The molecule has 2 N–H and O–H groups in total. The van der Waals surface area contributed by atoms with Crippen LogP contribution in [0.15, 0.2) is 28.0 Å². The van der Waals surface area contributed by atoms with E-state index < -0.39 is 0 Å². The highest BCUT2D eigenvalue weighted by Crippen LogP contribution is 2.33. The number of nitrogens with zero attached hydrogens (tertiary/aromatic N) is 3. The van der Waals surface area contributed by atoms with Gasteiger partial charge < -0.3 is 15.0 Å². The number of oxime groups is 1. The molecule has 0 bridgehead atoms. The lowest BCUT2D eigenvalue weighted by Gasteiger charge is -2.24. The van der Waals surface area contributed by atoms with Gasteiger partial charge in [-0.3, -0.25) is 0 Å². The predicted octanol–water partition coefficient (Wildman–Crippen LogP) is 2.04. The quantitative estimate of drug-likeness (QED) is 0.845. The van der Waals surface area contributed by atoms with Crippen molar-refractivity contribution < 1.29 is 9.25 Å². The van der Waals surface area contributed by atoms with Crippen LogP contribution in [0.5, 0.6) is 0 Å². The highest BCUT2D eigenvalue weighted by atomic mass is 16.6. The van der Waals surface area contributed by atoms with Crippen molar-refractivity contribution in [3.05, 3.63) is 41.1 Å². The van der Waals surface area contributed by atoms with E-state index in [4.69, 9.17) is 15.0 Å². The van der Waals surface area contributed by atoms with Crippen LogP contribution in [0.2, 0.25) is 0 Å². The topological polar surface area (TPSA) is 86.5 Å². The van der Waals surface area contributed by atoms with Gasteiger partial charge in [0.2, 0.25) is 5.95 Å². The molecule has 0 aromatic carbocycles. The van der Waals surface area contributed by atoms with E-state index in [1.165, 1.54) is 7.11 Å². The summed E-state index contributed by atoms with van der Waals surface area (Å²) in [6.07, 6.45) is 3.18. The zero-order chi connectivity index (χ0) is 14.1. The van der Waals surface area contributed by atoms with Gasteiger partial charge in [-0.1, -0.05) is 5.16 Å². The maximum Gasteiger partial charge on any atom is 0.220 e. The average molecular weight is 272 g/mol. The molecule has 0 spiro atoms. The number of furan rings is 1. The Morgan fingerprint density at radius 1 is 1.40 bits per heavy atom. The summed E-state index contributed by atoms with van der Waals surface area (Å²) in [6, 6.07) is 3.86. The van der Waals surface area contributed by atoms with Crippen LogP contribution in [0.4, 0.5) is 5.95 Å². The summed E-state index contributed by atoms with van der Waals surface area (Å²) in [4.78, 5) is 13.5. The lowest BCUT2D eigenvalue weighted by molar-refractivity contribution is 0.212. The molecule has 0 aliphatic heterocycles. The Balaban J connectivity index is 2.08. The second-order valence-corrected chi connectivity index (χ2v) is 4.83. The van der Waals surface area contributed by atoms with Crippen LogP contribution in [0, 0.1) is 6.92 Å². The summed E-state index contributed by atoms with van der Waals surface area (Å²) >= 11 is 0. The monoisotopic (exact) mass is 272 g/mol. The molecule has 0 fully saturated rings. The van der Waals surface area contributed by atoms with Crippen molar-refractivity contribution in [3.8, 4) is 0 Å². The molecule has 6 heteroatoms. The lowest BCUT2D eigenvalue weighted by atomic mass is 9.83. The van der Waals surface area contributed by atoms with Gasteiger partial charge in [0.05, 0.1) is 23.4 Å². The van der Waals surface area contributed by atoms with Gasteiger partial charge in [0.15, 0.2) is 0 Å². The van der Waals surface area contributed by atoms with Crippen molar-refractivity contribution in [1.29, 1.82) is 0 Å². The van der Waals surface area contributed by atoms with Crippen molar-refractivity contribution in [3.63, 3.8) is 0 Å². The molecule has 2 aromatic rings. The van der Waals surface area contributed by atoms with Gasteiger partial charge in [0.1, 0.15) is 12.9 Å². The third-order valence-electron chi connectivity index (χ3n) is 3.50. The van der Waals surface area contributed by atoms with Gasteiger partial charge in [0.25, 0.3) is 0 Å². The van der Waals surface area contributed by atoms with Crippen LogP contribution in [0.25, 0.3) is 0 Å². The van der Waals surface area contributed by atoms with E-state index in [9.17, 15) is 0 Å². The predicted molar refractivity (Wildman–Crippen MR) is 74.5 cm³/mol. The number of nitrogen functional groups attached to an aromatic ring is 1. The average Bonchev–Trinajstić information content (AvgIpc) is 2.91. The summed E-state index contributed by atoms with van der Waals surface area (Å²) in [7, 11) is 1.54. The fourth-order valence-corrected chi connectivity index (χ4v) is 2.74. The van der Waals surface area contributed by atoms with Gasteiger partial charge in [-0.25, -0.2) is 9.97 Å². The van der Waals surface area contributed by atoms with E-state index in [1.54, 1.807) is 6.26 Å². The summed E-state index contributed by atoms with van der Waals surface area (Å²) in [5, 5.41) is 4.13. The fourth-order valence-electron chi connectivity index (χ4n) is 2.74. The molecule has 104 valence electrons. The van der Waals surface area contributed by atoms with Gasteiger partial charge >= 0.3 is 0 Å². The lowest BCUT2D eigenvalue weighted by Crippen LogP contribution is -2.23. The van der Waals surface area contributed by atoms with Crippen LogP contribution in [-0.4, -0.2) is 22.8 Å². The number of aryl methyl sites for hydroxylation is 1. The minimum atomic E-state index is 0.195. The summed E-state index contributed by atoms with van der Waals surface area (Å²) in [5.41, 5.74) is 9.27. The van der Waals surface area contributed by atoms with Gasteiger partial charge in [-0.05, 0) is 19.1 Å². The SMILES string of the molecule is CO/N=C1\CC(c2ccco2)Cc2nc(N)nc(C)c21. The maximum absolute atomic E-state index is 5.75. The molecular formula is C14H16N4O2. The van der Waals surface area contributed by atoms with Crippen LogP contribution in [0.3, 0.4) is 0 Å². The van der Waals surface area contributed by atoms with E-state index in [1.807, 2.05) is 19.1 Å². The molecule has 0 saturated carbocycles. The fraction of sp³-hybridized carbons (Fsp3) is 0.357. The molecule has 1 aliphatic rings. The zero-order valence-electron chi connectivity index (χ0n) is 11.5. The zero-order valence-corrected chi connectivity index (χ0v) is 11.5. The summed E-state index contributed by atoms with van der Waals surface area (Å²) < 4.78 is 5.50. The van der Waals surface area contributed by atoms with Crippen LogP contribution in [0.1, 0.15) is 35.1 Å². The first kappa shape index (κ1) is 12.7. The number of rotatable bonds is 2. The Kier molecular flexibility index (Phi) is 3.14. The Morgan fingerprint density at radius 2 is 2.25 bits per heavy atom. The van der Waals surface area contributed by atoms with E-state index in [0.29, 0.717) is 0 Å². The molecule has 1 unspecified atom stereocenters. The second kappa shape index (κ2) is 4.96. The first-order valence-electron chi connectivity index (χ1n) is 6.45. The largest absolute Gasteiger partial charge is 0.469 e. The standard InChI is InChI=1S/C14H16N4O2/c1-8-13-10(17-14(15)16-8)6-9(7-11(13)18-19-2)12-4-3-5-20-12/h3-5,9H,6-7H2,1-2H3,(H2,15,16,17)/b18-11+. The molecule has 2 heterocycles. The Labute approximate surface area is 116 Å². The van der Waals surface area contributed by atoms with Crippen molar-refractivity contribution in [2.45, 2.75) is 25.7 Å². The molecule has 0 amide bonds. The first-order valence-corrected chi connectivity index (χ1v) is 6.45. The molecule has 0 saturated heterocycles. The molecule has 6 nitrogen and oxygen atoms in total. The van der Waals surface area contributed by atoms with Crippen molar-refractivity contribution >= 4 is 11.7 Å². The van der Waals surface area contributed by atoms with Crippen LogP contribution in [-0.2, 0) is 11.3 Å². The van der Waals surface area contributed by atoms with Crippen LogP contribution < -0.4 is 5.73 Å². The minimum Gasteiger partial charge on any atom is -0.469 e. The molecule has 1 atom stereocenters. The minimum absolute atomic E-state index is 0.195. The first-order chi connectivity index (χ1) is 9.69. The third-order valence-corrected chi connectivity index (χ3v) is 3.50. The normalized spacial score (nSPS) is 19.9. The Morgan fingerprint density at radius 3 is 2.95 bits per heavy atom. The van der Waals surface area contributed by atoms with E-state index in [-0.39, 0.29) is 11.9 Å². The molecular weight excluding hydrogens is 256 g/mol. The summed E-state index contributed by atoms with van der Waals surface area (Å²) in [5.74, 6) is 1.41. The number of fused-ring (bicyclic) bond motifs is 1. The highest BCUT2D eigenvalue weighted by Gasteiger charge is 2.30. The molecule has 0 radical (unpaired) electrons. The second-order valence-electron chi connectivity index (χ2n) is 4.83. The van der Waals surface area contributed by atoms with E-state index in [0.717, 1.165) is 41.3 Å². The van der Waals surface area contributed by atoms with Crippen molar-refractivity contribution in [2.75, 3.05) is 12.8 Å². The number of aromatic nitrogens is 2. The van der Waals surface area contributed by atoms with E-state index in [2.05, 4.69) is 15.1 Å². The third kappa shape index (κ3) is 2.13. The maximum atomic E-state index is 5.75. The number of anilines is 1. The highest BCUT2D eigenvalue weighted by molar-refractivity contribution is 6.03. The number of nitrogens with two attached hydrogens (primary N) is 1. The molecule has 1 aliphatic carbocycles. The number of hydrogen-bond donors (Lipinski definition) is 1. The Hall–Kier alpha value is -2.37. The van der Waals surface area contributed by atoms with Gasteiger partial charge in [0, 0.05) is 24.3 Å². The van der Waals surface area contributed by atoms with E-state index >= 15 is 0 Å². The molecule has 2 aromatic heterocycles. The smallest absolute Gasteiger partial charge is 0.220 e. The van der Waals surface area contributed by atoms with Gasteiger partial charge in [-0.15, -0.1) is 0 Å². The molecule has 20 heavy (non-hydrogen) atoms. The van der Waals surface area contributed by atoms with Crippen LogP contribution >= 0.6 is 0 Å². The van der Waals surface area contributed by atoms with Crippen molar-refractivity contribution in [1.82, 2.24) is 9.97 Å². The summed E-state index contributed by atoms with van der Waals surface area (Å²) in [6.45, 7) is 1.91.